The van der Waals surface area contributed by atoms with Gasteiger partial charge >= 0.3 is 0 Å². The molecule has 6 N–H and O–H groups in total. The lowest BCUT2D eigenvalue weighted by atomic mass is 10.0. The maximum absolute atomic E-state index is 9.74. The van der Waals surface area contributed by atoms with E-state index in [1.807, 2.05) is 0 Å². The molecule has 1 unspecified atom stereocenters. The number of rotatable bonds is 8. The molecule has 5 atom stereocenters. The second kappa shape index (κ2) is 8.54. The van der Waals surface area contributed by atoms with Crippen LogP contribution in [0, 0.1) is 0 Å². The maximum Gasteiger partial charge on any atom is 0.111 e. The van der Waals surface area contributed by atoms with Crippen LogP contribution in [-0.2, 0) is 0 Å². The van der Waals surface area contributed by atoms with Gasteiger partial charge in [-0.25, -0.2) is 0 Å². The Labute approximate surface area is 109 Å². The van der Waals surface area contributed by atoms with E-state index in [0.717, 1.165) is 0 Å². The van der Waals surface area contributed by atoms with Crippen molar-refractivity contribution in [3.8, 4) is 0 Å². The highest BCUT2D eigenvalue weighted by molar-refractivity contribution is 8.16. The molecule has 0 aromatic rings. The summed E-state index contributed by atoms with van der Waals surface area (Å²) in [4.78, 5) is 0. The lowest BCUT2D eigenvalue weighted by molar-refractivity contribution is -0.137. The third kappa shape index (κ3) is 4.92. The molecule has 104 valence electrons. The summed E-state index contributed by atoms with van der Waals surface area (Å²) in [6, 6.07) is 0. The van der Waals surface area contributed by atoms with Crippen molar-refractivity contribution in [2.45, 2.75) is 35.1 Å². The molecular weight excluding hydrogens is 268 g/mol. The normalized spacial score (nSPS) is 21.0. The molecule has 0 aromatic carbocycles. The summed E-state index contributed by atoms with van der Waals surface area (Å²) < 4.78 is -0.363. The summed E-state index contributed by atoms with van der Waals surface area (Å²) in [5.74, 6) is 0. The molecule has 17 heavy (non-hydrogen) atoms. The smallest absolute Gasteiger partial charge is 0.111 e. The highest BCUT2D eigenvalue weighted by atomic mass is 32.2. The van der Waals surface area contributed by atoms with E-state index in [0.29, 0.717) is 0 Å². The molecule has 0 bridgehead atoms. The number of hydrogen-bond acceptors (Lipinski definition) is 8. The van der Waals surface area contributed by atoms with Gasteiger partial charge < -0.3 is 30.6 Å². The largest absolute Gasteiger partial charge is 0.394 e. The van der Waals surface area contributed by atoms with Crippen molar-refractivity contribution < 1.29 is 30.6 Å². The second-order valence-corrected chi connectivity index (χ2v) is 5.81. The van der Waals surface area contributed by atoms with E-state index in [4.69, 9.17) is 10.2 Å². The summed E-state index contributed by atoms with van der Waals surface area (Å²) in [5, 5.41) is 56.1. The summed E-state index contributed by atoms with van der Waals surface area (Å²) in [6.45, 7) is -0.741. The molecule has 0 aliphatic heterocycles. The van der Waals surface area contributed by atoms with E-state index in [2.05, 4.69) is 0 Å². The highest BCUT2D eigenvalue weighted by Gasteiger charge is 2.36. The molecule has 0 rings (SSSR count). The summed E-state index contributed by atoms with van der Waals surface area (Å²) >= 11 is 2.60. The van der Waals surface area contributed by atoms with Gasteiger partial charge in [-0.15, -0.1) is 23.5 Å². The molecule has 0 aliphatic rings. The van der Waals surface area contributed by atoms with Gasteiger partial charge in [0.25, 0.3) is 0 Å². The summed E-state index contributed by atoms with van der Waals surface area (Å²) in [6.07, 6.45) is -4.38. The van der Waals surface area contributed by atoms with Gasteiger partial charge in [0, 0.05) is 0 Å². The summed E-state index contributed by atoms with van der Waals surface area (Å²) in [7, 11) is 0. The van der Waals surface area contributed by atoms with Crippen molar-refractivity contribution in [3.63, 3.8) is 0 Å². The van der Waals surface area contributed by atoms with Gasteiger partial charge in [-0.3, -0.25) is 0 Å². The lowest BCUT2D eigenvalue weighted by Crippen LogP contribution is -2.51. The molecule has 0 fully saturated rings. The van der Waals surface area contributed by atoms with Gasteiger partial charge in [-0.05, 0) is 12.5 Å². The van der Waals surface area contributed by atoms with E-state index in [1.165, 1.54) is 23.5 Å². The summed E-state index contributed by atoms with van der Waals surface area (Å²) in [5.41, 5.74) is 0. The average Bonchev–Trinajstić information content (AvgIpc) is 2.36. The van der Waals surface area contributed by atoms with Crippen LogP contribution in [-0.4, -0.2) is 84.9 Å². The number of aliphatic hydroxyl groups excluding tert-OH is 6. The van der Waals surface area contributed by atoms with Crippen LogP contribution in [0.15, 0.2) is 0 Å². The van der Waals surface area contributed by atoms with E-state index >= 15 is 0 Å². The van der Waals surface area contributed by atoms with Gasteiger partial charge in [-0.1, -0.05) is 0 Å². The van der Waals surface area contributed by atoms with Gasteiger partial charge in [0.15, 0.2) is 0 Å². The predicted octanol–water partition coefficient (Wildman–Crippen LogP) is -2.16. The van der Waals surface area contributed by atoms with E-state index < -0.39 is 37.1 Å². The Balaban J connectivity index is 4.51. The van der Waals surface area contributed by atoms with Crippen LogP contribution in [0.25, 0.3) is 0 Å². The zero-order valence-corrected chi connectivity index (χ0v) is 11.3. The minimum Gasteiger partial charge on any atom is -0.394 e. The van der Waals surface area contributed by atoms with Crippen molar-refractivity contribution in [3.05, 3.63) is 0 Å². The number of aliphatic hydroxyl groups is 6. The maximum atomic E-state index is 9.74. The standard InChI is InChI=1S/C9H20O6S2/c1-16-9(17-2)8(15)7(14)6(13)5(12)4(11)3-10/h4-15H,3H2,1-2H3/t4-,5-,6+,7-,8?/m1/s1. The second-order valence-electron chi connectivity index (χ2n) is 3.55. The first-order valence-corrected chi connectivity index (χ1v) is 7.55. The lowest BCUT2D eigenvalue weighted by Gasteiger charge is -2.31. The molecule has 0 amide bonds. The molecule has 0 heterocycles. The Kier molecular flexibility index (Phi) is 8.77. The average molecular weight is 288 g/mol. The fourth-order valence-corrected chi connectivity index (χ4v) is 2.93. The first-order valence-electron chi connectivity index (χ1n) is 4.97. The number of hydrogen-bond donors (Lipinski definition) is 6. The molecule has 0 saturated heterocycles. The molecule has 0 saturated carbocycles. The SMILES string of the molecule is CSC(SC)C(O)[C@H](O)[C@@H](O)[C@H](O)[C@H](O)CO. The zero-order chi connectivity index (χ0) is 13.6. The van der Waals surface area contributed by atoms with Gasteiger partial charge in [-0.2, -0.15) is 0 Å². The highest BCUT2D eigenvalue weighted by Crippen LogP contribution is 2.25. The molecular formula is C9H20O6S2. The minimum absolute atomic E-state index is 0.363. The van der Waals surface area contributed by atoms with Gasteiger partial charge in [0.05, 0.1) is 11.2 Å². The van der Waals surface area contributed by atoms with E-state index in [-0.39, 0.29) is 4.58 Å². The van der Waals surface area contributed by atoms with Crippen molar-refractivity contribution in [2.24, 2.45) is 0 Å². The van der Waals surface area contributed by atoms with Crippen LogP contribution in [0.1, 0.15) is 0 Å². The van der Waals surface area contributed by atoms with Crippen molar-refractivity contribution in [1.29, 1.82) is 0 Å². The first-order chi connectivity index (χ1) is 7.90. The molecule has 0 radical (unpaired) electrons. The molecule has 6 nitrogen and oxygen atoms in total. The first kappa shape index (κ1) is 17.5. The fraction of sp³-hybridized carbons (Fsp3) is 1.00. The quantitative estimate of drug-likeness (QED) is 0.279. The Morgan fingerprint density at radius 1 is 0.765 bits per heavy atom. The Morgan fingerprint density at radius 2 is 1.18 bits per heavy atom. The Hall–Kier alpha value is 0.460. The van der Waals surface area contributed by atoms with Crippen molar-refractivity contribution in [1.82, 2.24) is 0 Å². The monoisotopic (exact) mass is 288 g/mol. The van der Waals surface area contributed by atoms with Crippen LogP contribution in [0.2, 0.25) is 0 Å². The molecule has 0 spiro atoms. The van der Waals surface area contributed by atoms with Crippen molar-refractivity contribution >= 4 is 23.5 Å². The third-order valence-electron chi connectivity index (χ3n) is 2.37. The predicted molar refractivity (Wildman–Crippen MR) is 67.9 cm³/mol. The minimum atomic E-state index is -1.73. The van der Waals surface area contributed by atoms with Crippen LogP contribution >= 0.6 is 23.5 Å². The van der Waals surface area contributed by atoms with Gasteiger partial charge in [0.1, 0.15) is 30.5 Å². The van der Waals surface area contributed by atoms with Gasteiger partial charge in [0.2, 0.25) is 0 Å². The third-order valence-corrected chi connectivity index (χ3v) is 5.02. The molecule has 8 heteroatoms. The Morgan fingerprint density at radius 3 is 1.53 bits per heavy atom. The molecule has 0 aromatic heterocycles. The van der Waals surface area contributed by atoms with E-state index in [1.54, 1.807) is 12.5 Å². The molecule has 0 aliphatic carbocycles. The number of thioether (sulfide) groups is 2. The topological polar surface area (TPSA) is 121 Å². The fourth-order valence-electron chi connectivity index (χ4n) is 1.28. The van der Waals surface area contributed by atoms with Crippen LogP contribution in [0.4, 0.5) is 0 Å². The zero-order valence-electron chi connectivity index (χ0n) is 9.67. The van der Waals surface area contributed by atoms with Crippen molar-refractivity contribution in [2.75, 3.05) is 19.1 Å². The van der Waals surface area contributed by atoms with E-state index in [9.17, 15) is 20.4 Å². The van der Waals surface area contributed by atoms with Crippen LogP contribution < -0.4 is 0 Å². The van der Waals surface area contributed by atoms with Crippen LogP contribution in [0.5, 0.6) is 0 Å². The Bertz CT molecular complexity index is 204. The van der Waals surface area contributed by atoms with Crippen LogP contribution in [0.3, 0.4) is 0 Å².